The number of methoxy groups -OCH3 is 1. The predicted octanol–water partition coefficient (Wildman–Crippen LogP) is 1.61. The lowest BCUT2D eigenvalue weighted by molar-refractivity contribution is -0.145. The molecule has 1 rings (SSSR count). The molecule has 150 valence electrons. The second-order valence-corrected chi connectivity index (χ2v) is 7.05. The van der Waals surface area contributed by atoms with Crippen molar-refractivity contribution in [1.29, 1.82) is 0 Å². The number of carboxylic acid groups (broad SMARTS) is 1. The maximum atomic E-state index is 12.6. The van der Waals surface area contributed by atoms with Gasteiger partial charge in [-0.2, -0.15) is 0 Å². The van der Waals surface area contributed by atoms with Crippen LogP contribution in [0.25, 0.3) is 0 Å². The fraction of sp³-hybridized carbons (Fsp3) is 0.550. The maximum absolute atomic E-state index is 12.6. The van der Waals surface area contributed by atoms with Crippen molar-refractivity contribution >= 4 is 17.8 Å². The molecule has 0 aliphatic heterocycles. The van der Waals surface area contributed by atoms with E-state index in [0.717, 1.165) is 5.56 Å². The van der Waals surface area contributed by atoms with Gasteiger partial charge >= 0.3 is 11.9 Å². The molecule has 0 saturated heterocycles. The fourth-order valence-corrected chi connectivity index (χ4v) is 2.45. The Kier molecular flexibility index (Phi) is 9.50. The zero-order valence-corrected chi connectivity index (χ0v) is 16.4. The van der Waals surface area contributed by atoms with Crippen LogP contribution in [-0.4, -0.2) is 48.7 Å². The monoisotopic (exact) mass is 378 g/mol. The lowest BCUT2D eigenvalue weighted by Gasteiger charge is -2.24. The summed E-state index contributed by atoms with van der Waals surface area (Å²) in [5, 5.41) is 14.8. The van der Waals surface area contributed by atoms with Crippen LogP contribution in [0.15, 0.2) is 30.3 Å². The summed E-state index contributed by atoms with van der Waals surface area (Å²) in [4.78, 5) is 35.9. The molecule has 3 atom stereocenters. The third-order valence-corrected chi connectivity index (χ3v) is 4.60. The van der Waals surface area contributed by atoms with Gasteiger partial charge in [-0.05, 0) is 23.9 Å². The highest BCUT2D eigenvalue weighted by Gasteiger charge is 2.28. The van der Waals surface area contributed by atoms with E-state index >= 15 is 0 Å². The number of esters is 1. The first-order chi connectivity index (χ1) is 12.7. The smallest absolute Gasteiger partial charge is 0.328 e. The Morgan fingerprint density at radius 2 is 1.70 bits per heavy atom. The molecule has 0 aromatic heterocycles. The largest absolute Gasteiger partial charge is 0.481 e. The number of carboxylic acids is 1. The first-order valence-electron chi connectivity index (χ1n) is 9.11. The maximum Gasteiger partial charge on any atom is 0.328 e. The molecule has 0 fully saturated rings. The van der Waals surface area contributed by atoms with Crippen LogP contribution >= 0.6 is 0 Å². The molecular weight excluding hydrogens is 348 g/mol. The van der Waals surface area contributed by atoms with Crippen LogP contribution in [0.2, 0.25) is 0 Å². The van der Waals surface area contributed by atoms with E-state index in [1.165, 1.54) is 7.11 Å². The number of ether oxygens (including phenoxy) is 1. The van der Waals surface area contributed by atoms with Gasteiger partial charge in [0.05, 0.1) is 19.6 Å². The number of benzene rings is 1. The fourth-order valence-electron chi connectivity index (χ4n) is 2.45. The van der Waals surface area contributed by atoms with Crippen molar-refractivity contribution in [2.75, 3.05) is 13.7 Å². The summed E-state index contributed by atoms with van der Waals surface area (Å²) >= 11 is 0. The van der Waals surface area contributed by atoms with Gasteiger partial charge < -0.3 is 20.5 Å². The molecule has 7 heteroatoms. The Bertz CT molecular complexity index is 618. The molecule has 0 radical (unpaired) electrons. The van der Waals surface area contributed by atoms with Crippen LogP contribution in [0.5, 0.6) is 0 Å². The first kappa shape index (κ1) is 22.6. The molecule has 3 N–H and O–H groups in total. The van der Waals surface area contributed by atoms with Crippen molar-refractivity contribution < 1.29 is 24.2 Å². The second kappa shape index (κ2) is 11.3. The van der Waals surface area contributed by atoms with Crippen molar-refractivity contribution in [3.05, 3.63) is 35.9 Å². The summed E-state index contributed by atoms with van der Waals surface area (Å²) in [5.41, 5.74) is 0.865. The molecule has 0 heterocycles. The van der Waals surface area contributed by atoms with E-state index in [1.807, 2.05) is 37.3 Å². The van der Waals surface area contributed by atoms with E-state index in [0.29, 0.717) is 12.5 Å². The number of amides is 1. The zero-order chi connectivity index (χ0) is 20.4. The highest BCUT2D eigenvalue weighted by Crippen LogP contribution is 2.09. The molecule has 0 spiro atoms. The van der Waals surface area contributed by atoms with Gasteiger partial charge in [-0.25, -0.2) is 4.79 Å². The Balaban J connectivity index is 2.83. The van der Waals surface area contributed by atoms with E-state index in [9.17, 15) is 14.4 Å². The molecule has 1 aromatic carbocycles. The molecule has 1 amide bonds. The molecule has 0 aliphatic carbocycles. The summed E-state index contributed by atoms with van der Waals surface area (Å²) in [5.74, 6) is -1.52. The summed E-state index contributed by atoms with van der Waals surface area (Å²) in [7, 11) is 1.25. The molecule has 1 aromatic rings. The van der Waals surface area contributed by atoms with Crippen molar-refractivity contribution in [3.63, 3.8) is 0 Å². The Hall–Kier alpha value is -2.41. The van der Waals surface area contributed by atoms with E-state index < -0.39 is 29.9 Å². The van der Waals surface area contributed by atoms with Gasteiger partial charge in [0.2, 0.25) is 5.91 Å². The second-order valence-electron chi connectivity index (χ2n) is 7.05. The lowest BCUT2D eigenvalue weighted by Crippen LogP contribution is -2.52. The van der Waals surface area contributed by atoms with E-state index in [4.69, 9.17) is 9.84 Å². The molecule has 7 nitrogen and oxygen atoms in total. The highest BCUT2D eigenvalue weighted by atomic mass is 16.5. The van der Waals surface area contributed by atoms with E-state index in [-0.39, 0.29) is 18.8 Å². The average Bonchev–Trinajstić information content (AvgIpc) is 2.63. The molecule has 1 unspecified atom stereocenters. The molecular formula is C20H30N2O5. The highest BCUT2D eigenvalue weighted by molar-refractivity contribution is 5.90. The van der Waals surface area contributed by atoms with E-state index in [1.54, 1.807) is 0 Å². The number of aliphatic carboxylic acids is 1. The first-order valence-corrected chi connectivity index (χ1v) is 9.11. The minimum absolute atomic E-state index is 0.265. The number of rotatable bonds is 11. The zero-order valence-electron chi connectivity index (χ0n) is 16.4. The lowest BCUT2D eigenvalue weighted by atomic mass is 9.97. The topological polar surface area (TPSA) is 105 Å². The van der Waals surface area contributed by atoms with Crippen LogP contribution in [0.1, 0.15) is 32.8 Å². The van der Waals surface area contributed by atoms with Gasteiger partial charge in [0, 0.05) is 6.42 Å². The van der Waals surface area contributed by atoms with Crippen LogP contribution in [0, 0.1) is 11.8 Å². The van der Waals surface area contributed by atoms with Crippen molar-refractivity contribution in [3.8, 4) is 0 Å². The van der Waals surface area contributed by atoms with Gasteiger partial charge in [-0.1, -0.05) is 51.1 Å². The quantitative estimate of drug-likeness (QED) is 0.505. The summed E-state index contributed by atoms with van der Waals surface area (Å²) in [6.45, 7) is 6.65. The predicted molar refractivity (Wildman–Crippen MR) is 102 cm³/mol. The molecule has 27 heavy (non-hydrogen) atoms. The minimum Gasteiger partial charge on any atom is -0.481 e. The Morgan fingerprint density at radius 3 is 2.22 bits per heavy atom. The Morgan fingerprint density at radius 1 is 1.07 bits per heavy atom. The number of hydrogen-bond acceptors (Lipinski definition) is 5. The SMILES string of the molecule is COC(=O)[C@H](Cc1ccccc1)NC(=O)[C@H](CC(=O)O)NCC(C)C(C)C. The normalized spacial score (nSPS) is 14.3. The molecule has 0 aliphatic rings. The average molecular weight is 378 g/mol. The van der Waals surface area contributed by atoms with Gasteiger partial charge in [-0.3, -0.25) is 9.59 Å². The number of nitrogens with one attached hydrogen (secondary N) is 2. The minimum atomic E-state index is -1.09. The van der Waals surface area contributed by atoms with E-state index in [2.05, 4.69) is 24.5 Å². The standard InChI is InChI=1S/C20H30N2O5/c1-13(2)14(3)12-21-16(11-18(23)24)19(25)22-17(20(26)27-4)10-15-8-6-5-7-9-15/h5-9,13-14,16-17,21H,10-12H2,1-4H3,(H,22,25)(H,23,24)/t14?,16-,17-/m0/s1. The van der Waals surface area contributed by atoms with Crippen LogP contribution in [0.3, 0.4) is 0 Å². The molecule has 0 bridgehead atoms. The van der Waals surface area contributed by atoms with Gasteiger partial charge in [-0.15, -0.1) is 0 Å². The Labute approximate surface area is 160 Å². The number of carbonyl (C=O) groups is 3. The van der Waals surface area contributed by atoms with Crippen molar-refractivity contribution in [2.45, 2.75) is 45.7 Å². The van der Waals surface area contributed by atoms with Crippen LogP contribution in [0.4, 0.5) is 0 Å². The number of hydrogen-bond donors (Lipinski definition) is 3. The van der Waals surface area contributed by atoms with Crippen LogP contribution in [-0.2, 0) is 25.5 Å². The summed E-state index contributed by atoms with van der Waals surface area (Å²) in [6.07, 6.45) is -0.0999. The van der Waals surface area contributed by atoms with Gasteiger partial charge in [0.25, 0.3) is 0 Å². The third-order valence-electron chi connectivity index (χ3n) is 4.60. The number of carbonyl (C=O) groups excluding carboxylic acids is 2. The summed E-state index contributed by atoms with van der Waals surface area (Å²) < 4.78 is 4.79. The molecule has 0 saturated carbocycles. The third kappa shape index (κ3) is 8.21. The van der Waals surface area contributed by atoms with Crippen molar-refractivity contribution in [1.82, 2.24) is 10.6 Å². The van der Waals surface area contributed by atoms with Gasteiger partial charge in [0.15, 0.2) is 0 Å². The summed E-state index contributed by atoms with van der Waals surface area (Å²) in [6, 6.07) is 7.43. The van der Waals surface area contributed by atoms with Gasteiger partial charge in [0.1, 0.15) is 6.04 Å². The van der Waals surface area contributed by atoms with Crippen LogP contribution < -0.4 is 10.6 Å². The van der Waals surface area contributed by atoms with Crippen molar-refractivity contribution in [2.24, 2.45) is 11.8 Å².